The summed E-state index contributed by atoms with van der Waals surface area (Å²) in [6, 6.07) is 4.68. The lowest BCUT2D eigenvalue weighted by Gasteiger charge is -2.09. The van der Waals surface area contributed by atoms with Crippen molar-refractivity contribution in [2.75, 3.05) is 0 Å². The van der Waals surface area contributed by atoms with Gasteiger partial charge in [-0.2, -0.15) is 18.3 Å². The number of aliphatic hydroxyl groups excluding tert-OH is 1. The van der Waals surface area contributed by atoms with Crippen LogP contribution < -0.4 is 0 Å². The molecule has 0 unspecified atom stereocenters. The third kappa shape index (κ3) is 2.59. The van der Waals surface area contributed by atoms with Crippen molar-refractivity contribution in [3.05, 3.63) is 46.2 Å². The quantitative estimate of drug-likeness (QED) is 0.921. The molecule has 102 valence electrons. The van der Waals surface area contributed by atoms with Gasteiger partial charge in [-0.1, -0.05) is 17.7 Å². The number of rotatable bonds is 2. The summed E-state index contributed by atoms with van der Waals surface area (Å²) in [5.41, 5.74) is 0.298. The predicted octanol–water partition coefficient (Wildman–Crippen LogP) is 3.35. The van der Waals surface area contributed by atoms with Crippen LogP contribution in [0.1, 0.15) is 16.8 Å². The molecule has 0 atom stereocenters. The first-order valence-corrected chi connectivity index (χ1v) is 5.75. The molecule has 1 aromatic carbocycles. The van der Waals surface area contributed by atoms with Crippen molar-refractivity contribution in [3.63, 3.8) is 0 Å². The zero-order valence-electron chi connectivity index (χ0n) is 9.87. The van der Waals surface area contributed by atoms with Gasteiger partial charge in [0.25, 0.3) is 0 Å². The minimum atomic E-state index is -4.43. The molecule has 0 saturated heterocycles. The minimum Gasteiger partial charge on any atom is -0.391 e. The summed E-state index contributed by atoms with van der Waals surface area (Å²) in [7, 11) is 0. The maximum absolute atomic E-state index is 12.6. The molecule has 0 aliphatic heterocycles. The van der Waals surface area contributed by atoms with E-state index in [0.29, 0.717) is 11.3 Å². The first-order valence-electron chi connectivity index (χ1n) is 5.37. The maximum Gasteiger partial charge on any atom is 0.416 e. The van der Waals surface area contributed by atoms with E-state index in [1.165, 1.54) is 16.8 Å². The Balaban J connectivity index is 2.54. The highest BCUT2D eigenvalue weighted by atomic mass is 35.5. The zero-order chi connectivity index (χ0) is 14.2. The van der Waals surface area contributed by atoms with Gasteiger partial charge in [0.2, 0.25) is 0 Å². The van der Waals surface area contributed by atoms with E-state index in [2.05, 4.69) is 5.10 Å². The molecule has 2 rings (SSSR count). The molecule has 1 aromatic heterocycles. The van der Waals surface area contributed by atoms with Gasteiger partial charge in [-0.3, -0.25) is 0 Å². The van der Waals surface area contributed by atoms with Gasteiger partial charge in [0, 0.05) is 5.56 Å². The van der Waals surface area contributed by atoms with Crippen LogP contribution in [0, 0.1) is 6.92 Å². The average Bonchev–Trinajstić information content (AvgIpc) is 2.63. The van der Waals surface area contributed by atoms with Crippen molar-refractivity contribution >= 4 is 11.6 Å². The predicted molar refractivity (Wildman–Crippen MR) is 64.2 cm³/mol. The van der Waals surface area contributed by atoms with Crippen LogP contribution in [-0.2, 0) is 12.8 Å². The SMILES string of the molecule is Cc1nn(-c2cccc(C(F)(F)F)c2)c(Cl)c1CO. The van der Waals surface area contributed by atoms with Crippen LogP contribution in [0.15, 0.2) is 24.3 Å². The smallest absolute Gasteiger partial charge is 0.391 e. The van der Waals surface area contributed by atoms with Crippen molar-refractivity contribution in [1.82, 2.24) is 9.78 Å². The molecule has 0 fully saturated rings. The molecule has 1 N–H and O–H groups in total. The first kappa shape index (κ1) is 13.9. The summed E-state index contributed by atoms with van der Waals surface area (Å²) in [6.07, 6.45) is -4.43. The molecule has 7 heteroatoms. The number of benzene rings is 1. The van der Waals surface area contributed by atoms with E-state index in [1.807, 2.05) is 0 Å². The number of hydrogen-bond acceptors (Lipinski definition) is 2. The van der Waals surface area contributed by atoms with Gasteiger partial charge < -0.3 is 5.11 Å². The molecule has 0 saturated carbocycles. The normalized spacial score (nSPS) is 11.9. The highest BCUT2D eigenvalue weighted by Gasteiger charge is 2.30. The molecule has 3 nitrogen and oxygen atoms in total. The van der Waals surface area contributed by atoms with E-state index in [1.54, 1.807) is 6.92 Å². The zero-order valence-corrected chi connectivity index (χ0v) is 10.6. The second kappa shape index (κ2) is 4.86. The van der Waals surface area contributed by atoms with Crippen molar-refractivity contribution in [3.8, 4) is 5.69 Å². The monoisotopic (exact) mass is 290 g/mol. The van der Waals surface area contributed by atoms with Crippen LogP contribution in [-0.4, -0.2) is 14.9 Å². The molecule has 0 spiro atoms. The Morgan fingerprint density at radius 3 is 2.58 bits per heavy atom. The Hall–Kier alpha value is -1.53. The summed E-state index contributed by atoms with van der Waals surface area (Å²) in [5.74, 6) is 0. The molecule has 0 aliphatic rings. The minimum absolute atomic E-state index is 0.110. The van der Waals surface area contributed by atoms with Crippen molar-refractivity contribution in [2.45, 2.75) is 19.7 Å². The summed E-state index contributed by atoms with van der Waals surface area (Å²) in [6.45, 7) is 1.31. The number of halogens is 4. The Bertz CT molecular complexity index is 608. The number of aliphatic hydroxyl groups is 1. The van der Waals surface area contributed by atoms with E-state index in [0.717, 1.165) is 12.1 Å². The second-order valence-corrected chi connectivity index (χ2v) is 4.33. The lowest BCUT2D eigenvalue weighted by atomic mass is 10.2. The second-order valence-electron chi connectivity index (χ2n) is 3.97. The van der Waals surface area contributed by atoms with Gasteiger partial charge in [-0.25, -0.2) is 4.68 Å². The molecular formula is C12H10ClF3N2O. The fraction of sp³-hybridized carbons (Fsp3) is 0.250. The molecule has 0 radical (unpaired) electrons. The van der Waals surface area contributed by atoms with Crippen LogP contribution in [0.4, 0.5) is 13.2 Å². The number of aromatic nitrogens is 2. The first-order chi connectivity index (χ1) is 8.84. The Kier molecular flexibility index (Phi) is 3.56. The lowest BCUT2D eigenvalue weighted by Crippen LogP contribution is -2.06. The average molecular weight is 291 g/mol. The number of aryl methyl sites for hydroxylation is 1. The largest absolute Gasteiger partial charge is 0.416 e. The van der Waals surface area contributed by atoms with Gasteiger partial charge in [0.1, 0.15) is 5.15 Å². The molecule has 0 aliphatic carbocycles. The number of hydrogen-bond donors (Lipinski definition) is 1. The third-order valence-electron chi connectivity index (χ3n) is 2.70. The Morgan fingerprint density at radius 2 is 2.05 bits per heavy atom. The molecule has 0 bridgehead atoms. The van der Waals surface area contributed by atoms with Crippen LogP contribution in [0.3, 0.4) is 0 Å². The van der Waals surface area contributed by atoms with E-state index in [-0.39, 0.29) is 17.4 Å². The van der Waals surface area contributed by atoms with E-state index < -0.39 is 11.7 Å². The maximum atomic E-state index is 12.6. The highest BCUT2D eigenvalue weighted by molar-refractivity contribution is 6.30. The van der Waals surface area contributed by atoms with Gasteiger partial charge in [-0.15, -0.1) is 0 Å². The summed E-state index contributed by atoms with van der Waals surface area (Å²) in [4.78, 5) is 0. The van der Waals surface area contributed by atoms with Gasteiger partial charge in [-0.05, 0) is 25.1 Å². The Labute approximate surface area is 112 Å². The standard InChI is InChI=1S/C12H10ClF3N2O/c1-7-10(6-19)11(13)18(17-7)9-4-2-3-8(5-9)12(14,15)16/h2-5,19H,6H2,1H3. The molecule has 19 heavy (non-hydrogen) atoms. The summed E-state index contributed by atoms with van der Waals surface area (Å²) < 4.78 is 39.1. The van der Waals surface area contributed by atoms with E-state index in [4.69, 9.17) is 16.7 Å². The third-order valence-corrected chi connectivity index (χ3v) is 3.09. The molecule has 2 aromatic rings. The topological polar surface area (TPSA) is 38.0 Å². The summed E-state index contributed by atoms with van der Waals surface area (Å²) >= 11 is 5.99. The fourth-order valence-electron chi connectivity index (χ4n) is 1.70. The molecule has 1 heterocycles. The highest BCUT2D eigenvalue weighted by Crippen LogP contribution is 2.31. The van der Waals surface area contributed by atoms with Gasteiger partial charge in [0.15, 0.2) is 0 Å². The van der Waals surface area contributed by atoms with Gasteiger partial charge in [0.05, 0.1) is 23.6 Å². The number of alkyl halides is 3. The van der Waals surface area contributed by atoms with Crippen LogP contribution in [0.25, 0.3) is 5.69 Å². The van der Waals surface area contributed by atoms with Crippen molar-refractivity contribution in [2.24, 2.45) is 0 Å². The molecule has 0 amide bonds. The van der Waals surface area contributed by atoms with Crippen LogP contribution in [0.2, 0.25) is 5.15 Å². The lowest BCUT2D eigenvalue weighted by molar-refractivity contribution is -0.137. The fourth-order valence-corrected chi connectivity index (χ4v) is 2.03. The summed E-state index contributed by atoms with van der Waals surface area (Å²) in [5, 5.41) is 13.3. The molecular weight excluding hydrogens is 281 g/mol. The van der Waals surface area contributed by atoms with E-state index in [9.17, 15) is 13.2 Å². The number of nitrogens with zero attached hydrogens (tertiary/aromatic N) is 2. The van der Waals surface area contributed by atoms with Gasteiger partial charge >= 0.3 is 6.18 Å². The van der Waals surface area contributed by atoms with Crippen LogP contribution in [0.5, 0.6) is 0 Å². The van der Waals surface area contributed by atoms with Crippen LogP contribution >= 0.6 is 11.6 Å². The van der Waals surface area contributed by atoms with E-state index >= 15 is 0 Å². The van der Waals surface area contributed by atoms with Crippen molar-refractivity contribution in [1.29, 1.82) is 0 Å². The van der Waals surface area contributed by atoms with Crippen molar-refractivity contribution < 1.29 is 18.3 Å². The Morgan fingerprint density at radius 1 is 1.37 bits per heavy atom.